The lowest BCUT2D eigenvalue weighted by atomic mass is 9.98. The van der Waals surface area contributed by atoms with E-state index in [-0.39, 0.29) is 5.92 Å². The van der Waals surface area contributed by atoms with Gasteiger partial charge in [-0.05, 0) is 30.9 Å². The van der Waals surface area contributed by atoms with Gasteiger partial charge >= 0.3 is 11.8 Å². The molecule has 8 heteroatoms. The lowest BCUT2D eigenvalue weighted by Crippen LogP contribution is -2.43. The van der Waals surface area contributed by atoms with E-state index in [1.165, 1.54) is 10.6 Å². The third-order valence-corrected chi connectivity index (χ3v) is 5.13. The summed E-state index contributed by atoms with van der Waals surface area (Å²) < 4.78 is 24.3. The maximum absolute atomic E-state index is 11.8. The van der Waals surface area contributed by atoms with Crippen LogP contribution in [0.25, 0.3) is 0 Å². The number of sulfonamides is 1. The molecule has 0 spiro atoms. The molecule has 0 bridgehead atoms. The van der Waals surface area contributed by atoms with Gasteiger partial charge in [-0.3, -0.25) is 9.59 Å². The number of hydrogen-bond acceptors (Lipinski definition) is 4. The van der Waals surface area contributed by atoms with Crippen molar-refractivity contribution in [2.24, 2.45) is 5.92 Å². The maximum atomic E-state index is 11.8. The van der Waals surface area contributed by atoms with Gasteiger partial charge in [-0.2, -0.15) is 0 Å². The highest BCUT2D eigenvalue weighted by atomic mass is 32.2. The van der Waals surface area contributed by atoms with E-state index in [4.69, 9.17) is 0 Å². The molecule has 23 heavy (non-hydrogen) atoms. The average molecular weight is 339 g/mol. The Hall–Kier alpha value is -1.93. The highest BCUT2D eigenvalue weighted by molar-refractivity contribution is 7.88. The molecule has 0 saturated carbocycles. The van der Waals surface area contributed by atoms with Crippen LogP contribution in [0.15, 0.2) is 30.3 Å². The zero-order chi connectivity index (χ0) is 16.9. The SMILES string of the molecule is CS(=O)(=O)N1CCC(CNC(=O)C(=O)Nc2ccccc2)CC1. The first kappa shape index (κ1) is 17.4. The van der Waals surface area contributed by atoms with E-state index < -0.39 is 21.8 Å². The minimum Gasteiger partial charge on any atom is -0.348 e. The van der Waals surface area contributed by atoms with Gasteiger partial charge < -0.3 is 10.6 Å². The van der Waals surface area contributed by atoms with Crippen LogP contribution in [0.1, 0.15) is 12.8 Å². The molecule has 126 valence electrons. The highest BCUT2D eigenvalue weighted by Crippen LogP contribution is 2.18. The molecule has 1 fully saturated rings. The molecule has 1 aromatic rings. The van der Waals surface area contributed by atoms with Gasteiger partial charge in [0.2, 0.25) is 10.0 Å². The number of para-hydroxylation sites is 1. The lowest BCUT2D eigenvalue weighted by molar-refractivity contribution is -0.136. The van der Waals surface area contributed by atoms with Crippen molar-refractivity contribution in [1.29, 1.82) is 0 Å². The first-order valence-electron chi connectivity index (χ1n) is 7.45. The Morgan fingerprint density at radius 2 is 1.74 bits per heavy atom. The summed E-state index contributed by atoms with van der Waals surface area (Å²) in [5, 5.41) is 5.12. The minimum absolute atomic E-state index is 0.182. The van der Waals surface area contributed by atoms with Gasteiger partial charge in [0.25, 0.3) is 0 Å². The second-order valence-corrected chi connectivity index (χ2v) is 7.62. The molecule has 0 aliphatic carbocycles. The number of nitrogens with one attached hydrogen (secondary N) is 2. The van der Waals surface area contributed by atoms with E-state index in [1.54, 1.807) is 24.3 Å². The van der Waals surface area contributed by atoms with Gasteiger partial charge in [0.15, 0.2) is 0 Å². The van der Waals surface area contributed by atoms with Crippen molar-refractivity contribution in [3.63, 3.8) is 0 Å². The van der Waals surface area contributed by atoms with Crippen LogP contribution >= 0.6 is 0 Å². The fraction of sp³-hybridized carbons (Fsp3) is 0.467. The smallest absolute Gasteiger partial charge is 0.313 e. The molecule has 2 rings (SSSR count). The zero-order valence-corrected chi connectivity index (χ0v) is 13.8. The third-order valence-electron chi connectivity index (χ3n) is 3.83. The van der Waals surface area contributed by atoms with Crippen LogP contribution in [0.2, 0.25) is 0 Å². The van der Waals surface area contributed by atoms with Crippen LogP contribution in [-0.2, 0) is 19.6 Å². The predicted octanol–water partition coefficient (Wildman–Crippen LogP) is 0.413. The first-order valence-corrected chi connectivity index (χ1v) is 9.30. The Morgan fingerprint density at radius 1 is 1.13 bits per heavy atom. The Balaban J connectivity index is 1.74. The first-order chi connectivity index (χ1) is 10.9. The molecule has 2 amide bonds. The van der Waals surface area contributed by atoms with Gasteiger partial charge in [0, 0.05) is 25.3 Å². The monoisotopic (exact) mass is 339 g/mol. The number of benzene rings is 1. The van der Waals surface area contributed by atoms with Gasteiger partial charge in [-0.1, -0.05) is 18.2 Å². The summed E-state index contributed by atoms with van der Waals surface area (Å²) in [5.41, 5.74) is 0.564. The van der Waals surface area contributed by atoms with E-state index in [1.807, 2.05) is 6.07 Å². The normalized spacial score (nSPS) is 16.7. The minimum atomic E-state index is -3.15. The van der Waals surface area contributed by atoms with E-state index >= 15 is 0 Å². The van der Waals surface area contributed by atoms with Crippen LogP contribution in [0.3, 0.4) is 0 Å². The number of amides is 2. The van der Waals surface area contributed by atoms with Crippen LogP contribution in [-0.4, -0.2) is 50.4 Å². The fourth-order valence-electron chi connectivity index (χ4n) is 2.47. The lowest BCUT2D eigenvalue weighted by Gasteiger charge is -2.30. The van der Waals surface area contributed by atoms with Gasteiger partial charge in [-0.25, -0.2) is 12.7 Å². The average Bonchev–Trinajstić information content (AvgIpc) is 2.53. The maximum Gasteiger partial charge on any atom is 0.313 e. The number of piperidine rings is 1. The van der Waals surface area contributed by atoms with Crippen molar-refractivity contribution >= 4 is 27.5 Å². The molecular formula is C15H21N3O4S. The van der Waals surface area contributed by atoms with E-state index in [9.17, 15) is 18.0 Å². The van der Waals surface area contributed by atoms with Gasteiger partial charge in [0.05, 0.1) is 6.26 Å². The molecule has 2 N–H and O–H groups in total. The predicted molar refractivity (Wildman–Crippen MR) is 87.2 cm³/mol. The standard InChI is InChI=1S/C15H21N3O4S/c1-23(21,22)18-9-7-12(8-10-18)11-16-14(19)15(20)17-13-5-3-2-4-6-13/h2-6,12H,7-11H2,1H3,(H,16,19)(H,17,20). The molecule has 0 unspecified atom stereocenters. The van der Waals surface area contributed by atoms with Crippen LogP contribution < -0.4 is 10.6 Å². The van der Waals surface area contributed by atoms with E-state index in [0.29, 0.717) is 38.2 Å². The number of rotatable bonds is 4. The van der Waals surface area contributed by atoms with Crippen molar-refractivity contribution in [2.45, 2.75) is 12.8 Å². The largest absolute Gasteiger partial charge is 0.348 e. The quantitative estimate of drug-likeness (QED) is 0.777. The molecule has 1 aromatic carbocycles. The number of carbonyl (C=O) groups is 2. The summed E-state index contributed by atoms with van der Waals surface area (Å²) in [5.74, 6) is -1.20. The van der Waals surface area contributed by atoms with Crippen molar-refractivity contribution < 1.29 is 18.0 Å². The Labute approximate surface area is 136 Å². The summed E-state index contributed by atoms with van der Waals surface area (Å²) in [4.78, 5) is 23.5. The molecule has 1 heterocycles. The van der Waals surface area contributed by atoms with Crippen molar-refractivity contribution in [3.05, 3.63) is 30.3 Å². The number of hydrogen-bond donors (Lipinski definition) is 2. The molecule has 1 aliphatic rings. The summed E-state index contributed by atoms with van der Waals surface area (Å²) in [6.07, 6.45) is 2.55. The number of anilines is 1. The third kappa shape index (κ3) is 5.33. The molecule has 1 aliphatic heterocycles. The Bertz CT molecular complexity index is 653. The summed E-state index contributed by atoms with van der Waals surface area (Å²) in [6, 6.07) is 8.75. The number of carbonyl (C=O) groups excluding carboxylic acids is 2. The van der Waals surface area contributed by atoms with E-state index in [0.717, 1.165) is 0 Å². The van der Waals surface area contributed by atoms with Gasteiger partial charge in [-0.15, -0.1) is 0 Å². The van der Waals surface area contributed by atoms with Crippen molar-refractivity contribution in [1.82, 2.24) is 9.62 Å². The Morgan fingerprint density at radius 3 is 2.30 bits per heavy atom. The van der Waals surface area contributed by atoms with Crippen molar-refractivity contribution in [2.75, 3.05) is 31.2 Å². The zero-order valence-electron chi connectivity index (χ0n) is 13.0. The van der Waals surface area contributed by atoms with Gasteiger partial charge in [0.1, 0.15) is 0 Å². The van der Waals surface area contributed by atoms with E-state index in [2.05, 4.69) is 10.6 Å². The Kier molecular flexibility index (Phi) is 5.73. The second kappa shape index (κ2) is 7.56. The second-order valence-electron chi connectivity index (χ2n) is 5.64. The summed E-state index contributed by atoms with van der Waals surface area (Å²) >= 11 is 0. The fourth-order valence-corrected chi connectivity index (χ4v) is 3.35. The molecule has 0 aromatic heterocycles. The summed E-state index contributed by atoms with van der Waals surface area (Å²) in [6.45, 7) is 1.28. The topological polar surface area (TPSA) is 95.6 Å². The number of nitrogens with zero attached hydrogens (tertiary/aromatic N) is 1. The molecule has 0 radical (unpaired) electrons. The highest BCUT2D eigenvalue weighted by Gasteiger charge is 2.25. The van der Waals surface area contributed by atoms with Crippen LogP contribution in [0.5, 0.6) is 0 Å². The molecule has 1 saturated heterocycles. The summed E-state index contributed by atoms with van der Waals surface area (Å²) in [7, 11) is -3.15. The van der Waals surface area contributed by atoms with Crippen LogP contribution in [0.4, 0.5) is 5.69 Å². The molecule has 0 atom stereocenters. The molecular weight excluding hydrogens is 318 g/mol. The van der Waals surface area contributed by atoms with Crippen LogP contribution in [0, 0.1) is 5.92 Å². The van der Waals surface area contributed by atoms with Crippen molar-refractivity contribution in [3.8, 4) is 0 Å². The molecule has 7 nitrogen and oxygen atoms in total.